The molecule has 3 nitrogen and oxygen atoms in total. The third-order valence-corrected chi connectivity index (χ3v) is 3.89. The van der Waals surface area contributed by atoms with Gasteiger partial charge in [0.1, 0.15) is 0 Å². The third kappa shape index (κ3) is 5.18. The molecule has 0 saturated carbocycles. The van der Waals surface area contributed by atoms with E-state index < -0.39 is 0 Å². The molecule has 0 atom stereocenters. The Kier molecular flexibility index (Phi) is 5.88. The van der Waals surface area contributed by atoms with E-state index in [1.165, 1.54) is 5.56 Å². The van der Waals surface area contributed by atoms with Crippen molar-refractivity contribution >= 4 is 29.4 Å². The topological polar surface area (TPSA) is 48.0 Å². The van der Waals surface area contributed by atoms with Crippen LogP contribution in [-0.4, -0.2) is 9.56 Å². The van der Waals surface area contributed by atoms with Gasteiger partial charge in [-0.3, -0.25) is 4.79 Å². The Bertz CT molecular complexity index is 758. The van der Waals surface area contributed by atoms with Gasteiger partial charge >= 0.3 is 0 Å². The summed E-state index contributed by atoms with van der Waals surface area (Å²) in [5.74, 6) is 0.530. The highest BCUT2D eigenvalue weighted by Gasteiger charge is 1.99. The van der Waals surface area contributed by atoms with E-state index in [0.717, 1.165) is 11.1 Å². The van der Waals surface area contributed by atoms with Gasteiger partial charge < -0.3 is 10.3 Å². The normalized spacial score (nSPS) is 11.3. The first-order valence-electron chi connectivity index (χ1n) is 7.72. The molecule has 2 aromatic rings. The Balaban J connectivity index is 2.09. The molecule has 1 aromatic heterocycles. The maximum absolute atomic E-state index is 12.0. The molecule has 0 aliphatic carbocycles. The van der Waals surface area contributed by atoms with E-state index in [2.05, 4.69) is 38.1 Å². The first-order valence-corrected chi connectivity index (χ1v) is 8.13. The monoisotopic (exact) mass is 326 g/mol. The van der Waals surface area contributed by atoms with Crippen molar-refractivity contribution in [1.82, 2.24) is 4.57 Å². The summed E-state index contributed by atoms with van der Waals surface area (Å²) in [5.41, 5.74) is 8.75. The summed E-state index contributed by atoms with van der Waals surface area (Å²) < 4.78 is 1.62. The van der Waals surface area contributed by atoms with Gasteiger partial charge in [0, 0.05) is 25.2 Å². The van der Waals surface area contributed by atoms with E-state index in [1.54, 1.807) is 16.8 Å². The summed E-state index contributed by atoms with van der Waals surface area (Å²) in [6.07, 6.45) is 6.27. The summed E-state index contributed by atoms with van der Waals surface area (Å²) >= 11 is 4.84. The molecule has 1 heterocycles. The molecule has 0 bridgehead atoms. The number of hydrogen-bond acceptors (Lipinski definition) is 2. The molecule has 0 aliphatic rings. The predicted molar refractivity (Wildman–Crippen MR) is 102 cm³/mol. The van der Waals surface area contributed by atoms with Crippen molar-refractivity contribution in [3.8, 4) is 0 Å². The fourth-order valence-corrected chi connectivity index (χ4v) is 2.32. The molecule has 0 unspecified atom stereocenters. The Morgan fingerprint density at radius 2 is 1.83 bits per heavy atom. The first kappa shape index (κ1) is 17.2. The van der Waals surface area contributed by atoms with Crippen LogP contribution in [0.25, 0.3) is 12.2 Å². The van der Waals surface area contributed by atoms with Crippen LogP contribution in [0.1, 0.15) is 42.9 Å². The minimum atomic E-state index is -0.0430. The number of benzene rings is 1. The maximum Gasteiger partial charge on any atom is 0.251 e. The highest BCUT2D eigenvalue weighted by Crippen LogP contribution is 2.16. The van der Waals surface area contributed by atoms with Crippen LogP contribution in [0.3, 0.4) is 0 Å². The summed E-state index contributed by atoms with van der Waals surface area (Å²) in [5, 5.41) is 0. The van der Waals surface area contributed by atoms with E-state index in [4.69, 9.17) is 18.0 Å². The van der Waals surface area contributed by atoms with Gasteiger partial charge in [0.25, 0.3) is 5.56 Å². The summed E-state index contributed by atoms with van der Waals surface area (Å²) in [6.45, 7) is 4.88. The quantitative estimate of drug-likeness (QED) is 0.821. The Morgan fingerprint density at radius 3 is 2.39 bits per heavy atom. The van der Waals surface area contributed by atoms with E-state index >= 15 is 0 Å². The van der Waals surface area contributed by atoms with Gasteiger partial charge in [0.05, 0.1) is 4.99 Å². The molecule has 2 N–H and O–H groups in total. The van der Waals surface area contributed by atoms with Crippen LogP contribution in [0.15, 0.2) is 47.4 Å². The molecule has 2 rings (SSSR count). The smallest absolute Gasteiger partial charge is 0.251 e. The van der Waals surface area contributed by atoms with Gasteiger partial charge in [0.15, 0.2) is 0 Å². The lowest BCUT2D eigenvalue weighted by Crippen LogP contribution is -2.21. The second kappa shape index (κ2) is 7.88. The second-order valence-electron chi connectivity index (χ2n) is 5.86. The number of nitrogens with two attached hydrogens (primary N) is 1. The lowest BCUT2D eigenvalue weighted by molar-refractivity contribution is 0.695. The van der Waals surface area contributed by atoms with Crippen LogP contribution >= 0.6 is 12.2 Å². The molecular weight excluding hydrogens is 304 g/mol. The molecule has 4 heteroatoms. The van der Waals surface area contributed by atoms with Gasteiger partial charge in [-0.05, 0) is 28.7 Å². The summed E-state index contributed by atoms with van der Waals surface area (Å²) in [4.78, 5) is 12.5. The number of aromatic nitrogens is 1. The largest absolute Gasteiger partial charge is 0.393 e. The number of pyridine rings is 1. The second-order valence-corrected chi connectivity index (χ2v) is 6.39. The van der Waals surface area contributed by atoms with Gasteiger partial charge in [-0.15, -0.1) is 0 Å². The molecule has 23 heavy (non-hydrogen) atoms. The summed E-state index contributed by atoms with van der Waals surface area (Å²) in [7, 11) is 0. The highest BCUT2D eigenvalue weighted by molar-refractivity contribution is 7.80. The fraction of sp³-hybridized carbons (Fsp3) is 0.263. The van der Waals surface area contributed by atoms with Crippen molar-refractivity contribution < 1.29 is 0 Å². The van der Waals surface area contributed by atoms with E-state index in [-0.39, 0.29) is 5.56 Å². The number of aryl methyl sites for hydroxylation is 1. The average Bonchev–Trinajstić information content (AvgIpc) is 2.52. The van der Waals surface area contributed by atoms with Crippen LogP contribution in [0.2, 0.25) is 0 Å². The van der Waals surface area contributed by atoms with Crippen molar-refractivity contribution in [3.05, 3.63) is 69.6 Å². The molecule has 0 radical (unpaired) electrons. The van der Waals surface area contributed by atoms with Crippen LogP contribution in [0.4, 0.5) is 0 Å². The van der Waals surface area contributed by atoms with Crippen LogP contribution < -0.4 is 11.3 Å². The van der Waals surface area contributed by atoms with Crippen molar-refractivity contribution in [2.45, 2.75) is 32.7 Å². The zero-order valence-electron chi connectivity index (χ0n) is 13.5. The first-order chi connectivity index (χ1) is 11.0. The minimum Gasteiger partial charge on any atom is -0.393 e. The van der Waals surface area contributed by atoms with Crippen LogP contribution in [0, 0.1) is 0 Å². The maximum atomic E-state index is 12.0. The minimum absolute atomic E-state index is 0.0430. The number of thiocarbonyl (C=S) groups is 1. The number of hydrogen-bond donors (Lipinski definition) is 1. The van der Waals surface area contributed by atoms with Crippen molar-refractivity contribution in [1.29, 1.82) is 0 Å². The number of rotatable bonds is 6. The van der Waals surface area contributed by atoms with Gasteiger partial charge in [0.2, 0.25) is 0 Å². The van der Waals surface area contributed by atoms with E-state index in [0.29, 0.717) is 23.9 Å². The molecule has 1 aromatic carbocycles. The summed E-state index contributed by atoms with van der Waals surface area (Å²) in [6, 6.07) is 12.0. The zero-order valence-corrected chi connectivity index (χ0v) is 14.3. The number of nitrogens with zero attached hydrogens (tertiary/aromatic N) is 1. The van der Waals surface area contributed by atoms with Gasteiger partial charge in [-0.2, -0.15) is 0 Å². The molecule has 0 aliphatic heterocycles. The predicted octanol–water partition coefficient (Wildman–Crippen LogP) is 3.82. The Morgan fingerprint density at radius 1 is 1.17 bits per heavy atom. The molecule has 120 valence electrons. The van der Waals surface area contributed by atoms with Crippen molar-refractivity contribution in [2.24, 2.45) is 5.73 Å². The molecule has 0 spiro atoms. The Labute approximate surface area is 142 Å². The van der Waals surface area contributed by atoms with E-state index in [9.17, 15) is 4.79 Å². The van der Waals surface area contributed by atoms with Gasteiger partial charge in [-0.25, -0.2) is 0 Å². The SMILES string of the molecule is CC(C)c1ccc(/C=C/c2ccn(CCC(N)=S)c(=O)c2)cc1. The van der Waals surface area contributed by atoms with Crippen molar-refractivity contribution in [2.75, 3.05) is 0 Å². The standard InChI is InChI=1S/C19H22N2OS/c1-14(2)17-7-5-15(6-8-17)3-4-16-9-11-21(19(22)13-16)12-10-18(20)23/h3-9,11,13-14H,10,12H2,1-2H3,(H2,20,23)/b4-3+. The van der Waals surface area contributed by atoms with Crippen LogP contribution in [0.5, 0.6) is 0 Å². The zero-order chi connectivity index (χ0) is 16.8. The average molecular weight is 326 g/mol. The van der Waals surface area contributed by atoms with Gasteiger partial charge in [-0.1, -0.05) is 62.5 Å². The third-order valence-electron chi connectivity index (χ3n) is 3.69. The lowest BCUT2D eigenvalue weighted by Gasteiger charge is -2.05. The van der Waals surface area contributed by atoms with Crippen molar-refractivity contribution in [3.63, 3.8) is 0 Å². The molecule has 0 saturated heterocycles. The molecular formula is C19H22N2OS. The van der Waals surface area contributed by atoms with E-state index in [1.807, 2.05) is 18.2 Å². The fourth-order valence-electron chi connectivity index (χ4n) is 2.23. The molecule has 0 fully saturated rings. The van der Waals surface area contributed by atoms with Crippen LogP contribution in [-0.2, 0) is 6.54 Å². The highest BCUT2D eigenvalue weighted by atomic mass is 32.1. The Hall–Kier alpha value is -2.20. The molecule has 0 amide bonds. The lowest BCUT2D eigenvalue weighted by atomic mass is 10.0.